The molecule has 1 aliphatic rings. The average Bonchev–Trinajstić information content (AvgIpc) is 2.60. The second-order valence-electron chi connectivity index (χ2n) is 5.88. The Morgan fingerprint density at radius 2 is 1.73 bits per heavy atom. The number of hydrogen-bond donors (Lipinski definition) is 1. The fourth-order valence-corrected chi connectivity index (χ4v) is 4.04. The Bertz CT molecular complexity index is 910. The number of Topliss-reactive ketones (excluding diaryl/α,β-unsaturated/α-hetero) is 1. The molecule has 0 fully saturated rings. The average molecular weight is 393 g/mol. The molecule has 0 spiro atoms. The van der Waals surface area contributed by atoms with Gasteiger partial charge >= 0.3 is 0 Å². The first-order valence-corrected chi connectivity index (χ1v) is 10.8. The number of anilines is 1. The maximum absolute atomic E-state index is 12.6. The van der Waals surface area contributed by atoms with Crippen LogP contribution >= 0.6 is 11.8 Å². The van der Waals surface area contributed by atoms with Gasteiger partial charge in [-0.25, -0.2) is 8.42 Å². The van der Waals surface area contributed by atoms with Gasteiger partial charge < -0.3 is 9.47 Å². The zero-order valence-electron chi connectivity index (χ0n) is 14.4. The Morgan fingerprint density at radius 1 is 1.08 bits per heavy atom. The van der Waals surface area contributed by atoms with Gasteiger partial charge in [0.2, 0.25) is 10.0 Å². The van der Waals surface area contributed by atoms with Crippen LogP contribution in [0.2, 0.25) is 0 Å². The fraction of sp³-hybridized carbons (Fsp3) is 0.278. The van der Waals surface area contributed by atoms with Gasteiger partial charge in [0.25, 0.3) is 0 Å². The molecule has 138 valence electrons. The number of sulfonamides is 1. The summed E-state index contributed by atoms with van der Waals surface area (Å²) in [6.07, 6.45) is 1.08. The Balaban J connectivity index is 1.67. The molecule has 26 heavy (non-hydrogen) atoms. The van der Waals surface area contributed by atoms with Gasteiger partial charge in [0.15, 0.2) is 17.3 Å². The topological polar surface area (TPSA) is 81.7 Å². The normalized spacial score (nSPS) is 14.5. The van der Waals surface area contributed by atoms with Crippen LogP contribution in [0.3, 0.4) is 0 Å². The van der Waals surface area contributed by atoms with Crippen molar-refractivity contribution in [1.29, 1.82) is 0 Å². The molecule has 0 saturated heterocycles. The Hall–Kier alpha value is -2.19. The van der Waals surface area contributed by atoms with Crippen molar-refractivity contribution in [3.05, 3.63) is 48.0 Å². The maximum atomic E-state index is 12.6. The minimum atomic E-state index is -3.34. The van der Waals surface area contributed by atoms with Crippen LogP contribution < -0.4 is 14.2 Å². The maximum Gasteiger partial charge on any atom is 0.229 e. The van der Waals surface area contributed by atoms with Gasteiger partial charge in [0.1, 0.15) is 13.2 Å². The first-order valence-electron chi connectivity index (χ1n) is 8.00. The Labute approximate surface area is 156 Å². The molecule has 1 atom stereocenters. The number of benzene rings is 2. The summed E-state index contributed by atoms with van der Waals surface area (Å²) in [5, 5.41) is -0.300. The predicted octanol–water partition coefficient (Wildman–Crippen LogP) is 3.19. The van der Waals surface area contributed by atoms with E-state index in [1.54, 1.807) is 24.3 Å². The van der Waals surface area contributed by atoms with Crippen molar-refractivity contribution in [2.75, 3.05) is 24.2 Å². The van der Waals surface area contributed by atoms with Crippen LogP contribution in [0.4, 0.5) is 5.69 Å². The molecule has 3 rings (SSSR count). The van der Waals surface area contributed by atoms with E-state index in [-0.39, 0.29) is 11.0 Å². The van der Waals surface area contributed by atoms with Gasteiger partial charge in [-0.3, -0.25) is 9.52 Å². The van der Waals surface area contributed by atoms with E-state index in [4.69, 9.17) is 9.47 Å². The number of carbonyl (C=O) groups is 1. The molecular weight excluding hydrogens is 374 g/mol. The van der Waals surface area contributed by atoms with Crippen LogP contribution in [0, 0.1) is 0 Å². The molecule has 0 amide bonds. The molecule has 0 saturated carbocycles. The van der Waals surface area contributed by atoms with E-state index in [2.05, 4.69) is 4.72 Å². The predicted molar refractivity (Wildman–Crippen MR) is 102 cm³/mol. The molecule has 0 aromatic heterocycles. The molecule has 0 bridgehead atoms. The molecule has 0 unspecified atom stereocenters. The summed E-state index contributed by atoms with van der Waals surface area (Å²) in [4.78, 5) is 13.5. The largest absolute Gasteiger partial charge is 0.486 e. The number of thioether (sulfide) groups is 1. The lowest BCUT2D eigenvalue weighted by atomic mass is 10.1. The number of ether oxygens (including phenoxy) is 2. The molecule has 2 aromatic carbocycles. The number of hydrogen-bond acceptors (Lipinski definition) is 6. The quantitative estimate of drug-likeness (QED) is 0.600. The van der Waals surface area contributed by atoms with Gasteiger partial charge in [0, 0.05) is 16.1 Å². The summed E-state index contributed by atoms with van der Waals surface area (Å²) < 4.78 is 35.9. The fourth-order valence-electron chi connectivity index (χ4n) is 2.51. The Morgan fingerprint density at radius 3 is 2.38 bits per heavy atom. The lowest BCUT2D eigenvalue weighted by Gasteiger charge is -2.19. The van der Waals surface area contributed by atoms with Crippen LogP contribution in [0.25, 0.3) is 0 Å². The van der Waals surface area contributed by atoms with Gasteiger partial charge in [-0.15, -0.1) is 11.8 Å². The minimum Gasteiger partial charge on any atom is -0.486 e. The third-order valence-electron chi connectivity index (χ3n) is 3.67. The summed E-state index contributed by atoms with van der Waals surface area (Å²) in [6.45, 7) is 2.90. The lowest BCUT2D eigenvalue weighted by molar-refractivity contribution is 0.0994. The molecule has 1 aliphatic heterocycles. The van der Waals surface area contributed by atoms with Crippen LogP contribution in [-0.4, -0.2) is 38.9 Å². The van der Waals surface area contributed by atoms with E-state index < -0.39 is 10.0 Å². The second-order valence-corrected chi connectivity index (χ2v) is 9.04. The van der Waals surface area contributed by atoms with Crippen molar-refractivity contribution in [3.63, 3.8) is 0 Å². The van der Waals surface area contributed by atoms with Crippen molar-refractivity contribution in [2.45, 2.75) is 17.1 Å². The van der Waals surface area contributed by atoms with Crippen molar-refractivity contribution >= 4 is 33.3 Å². The van der Waals surface area contributed by atoms with E-state index in [0.717, 1.165) is 11.2 Å². The van der Waals surface area contributed by atoms with E-state index in [0.29, 0.717) is 36.0 Å². The summed E-state index contributed by atoms with van der Waals surface area (Å²) in [6, 6.07) is 12.0. The van der Waals surface area contributed by atoms with Crippen molar-refractivity contribution in [1.82, 2.24) is 0 Å². The van der Waals surface area contributed by atoms with Gasteiger partial charge in [0.05, 0.1) is 11.5 Å². The van der Waals surface area contributed by atoms with Crippen LogP contribution in [0.15, 0.2) is 47.4 Å². The van der Waals surface area contributed by atoms with Gasteiger partial charge in [-0.2, -0.15) is 0 Å². The van der Waals surface area contributed by atoms with E-state index in [9.17, 15) is 13.2 Å². The summed E-state index contributed by atoms with van der Waals surface area (Å²) >= 11 is 1.44. The third kappa shape index (κ3) is 4.70. The Kier molecular flexibility index (Phi) is 5.43. The zero-order valence-corrected chi connectivity index (χ0v) is 16.0. The molecule has 0 aliphatic carbocycles. The molecule has 0 radical (unpaired) electrons. The highest BCUT2D eigenvalue weighted by molar-refractivity contribution is 8.00. The van der Waals surface area contributed by atoms with Gasteiger partial charge in [-0.05, 0) is 49.4 Å². The van der Waals surface area contributed by atoms with Gasteiger partial charge in [-0.1, -0.05) is 0 Å². The second kappa shape index (κ2) is 7.59. The number of carbonyl (C=O) groups excluding carboxylic acids is 1. The standard InChI is InChI=1S/C18H19NO5S2/c1-12(25-15-7-8-16-17(11-15)24-10-9-23-16)18(20)13-3-5-14(6-4-13)19-26(2,21)22/h3-8,11-12,19H,9-10H2,1-2H3/t12-/m0/s1. The highest BCUT2D eigenvalue weighted by atomic mass is 32.2. The molecule has 2 aromatic rings. The third-order valence-corrected chi connectivity index (χ3v) is 5.37. The van der Waals surface area contributed by atoms with Crippen LogP contribution in [0.5, 0.6) is 11.5 Å². The van der Waals surface area contributed by atoms with Crippen LogP contribution in [0.1, 0.15) is 17.3 Å². The highest BCUT2D eigenvalue weighted by Crippen LogP contribution is 2.36. The first-order chi connectivity index (χ1) is 12.3. The minimum absolute atomic E-state index is 0.0317. The van der Waals surface area contributed by atoms with Crippen LogP contribution in [-0.2, 0) is 10.0 Å². The van der Waals surface area contributed by atoms with E-state index in [1.165, 1.54) is 11.8 Å². The van der Waals surface area contributed by atoms with Crippen molar-refractivity contribution < 1.29 is 22.7 Å². The van der Waals surface area contributed by atoms with Crippen molar-refractivity contribution in [3.8, 4) is 11.5 Å². The van der Waals surface area contributed by atoms with E-state index >= 15 is 0 Å². The SMILES string of the molecule is C[C@H](Sc1ccc2c(c1)OCCO2)C(=O)c1ccc(NS(C)(=O)=O)cc1. The zero-order chi connectivity index (χ0) is 18.7. The monoisotopic (exact) mass is 393 g/mol. The van der Waals surface area contributed by atoms with Crippen molar-refractivity contribution in [2.24, 2.45) is 0 Å². The smallest absolute Gasteiger partial charge is 0.229 e. The first kappa shape index (κ1) is 18.6. The molecule has 6 nitrogen and oxygen atoms in total. The van der Waals surface area contributed by atoms with E-state index in [1.807, 2.05) is 25.1 Å². The number of nitrogens with one attached hydrogen (secondary N) is 1. The number of fused-ring (bicyclic) bond motifs is 1. The highest BCUT2D eigenvalue weighted by Gasteiger charge is 2.19. The molecular formula is C18H19NO5S2. The number of rotatable bonds is 6. The number of ketones is 1. The lowest BCUT2D eigenvalue weighted by Crippen LogP contribution is -2.16. The molecule has 1 heterocycles. The molecule has 1 N–H and O–H groups in total. The summed E-state index contributed by atoms with van der Waals surface area (Å²) in [5.74, 6) is 1.38. The molecule has 8 heteroatoms. The summed E-state index contributed by atoms with van der Waals surface area (Å²) in [5.41, 5.74) is 0.956. The summed E-state index contributed by atoms with van der Waals surface area (Å²) in [7, 11) is -3.34.